The van der Waals surface area contributed by atoms with Gasteiger partial charge in [0.25, 0.3) is 24.1 Å². The molecule has 3 aromatic carbocycles. The molecule has 15 heteroatoms. The fourth-order valence-electron chi connectivity index (χ4n) is 8.03. The maximum Gasteiger partial charge on any atom is 0.269 e. The number of nitrogens with zero attached hydrogens (tertiary/aromatic N) is 3. The smallest absolute Gasteiger partial charge is 0.269 e. The summed E-state index contributed by atoms with van der Waals surface area (Å²) >= 11 is 0. The molecule has 0 saturated carbocycles. The number of H-pyrrole nitrogens is 1. The second kappa shape index (κ2) is 16.3. The van der Waals surface area contributed by atoms with E-state index in [1.165, 1.54) is 23.2 Å². The van der Waals surface area contributed by atoms with Crippen LogP contribution in [-0.4, -0.2) is 77.2 Å². The van der Waals surface area contributed by atoms with Gasteiger partial charge in [0.15, 0.2) is 0 Å². The molecule has 3 aliphatic rings. The molecule has 0 bridgehead atoms. The molecule has 5 amide bonds. The van der Waals surface area contributed by atoms with E-state index in [2.05, 4.69) is 51.6 Å². The number of hydrogen-bond donors (Lipinski definition) is 4. The Kier molecular flexibility index (Phi) is 10.8. The third-order valence-electron chi connectivity index (χ3n) is 11.1. The van der Waals surface area contributed by atoms with Crippen LogP contribution in [0.3, 0.4) is 0 Å². The van der Waals surface area contributed by atoms with Gasteiger partial charge in [-0.3, -0.25) is 34.3 Å². The Morgan fingerprint density at radius 3 is 2.60 bits per heavy atom. The normalized spacial score (nSPS) is 16.0. The van der Waals surface area contributed by atoms with Gasteiger partial charge in [0.1, 0.15) is 24.1 Å². The van der Waals surface area contributed by atoms with Crippen molar-refractivity contribution in [3.8, 4) is 28.7 Å². The van der Waals surface area contributed by atoms with E-state index in [0.29, 0.717) is 52.4 Å². The van der Waals surface area contributed by atoms with Crippen molar-refractivity contribution in [3.05, 3.63) is 106 Å². The van der Waals surface area contributed by atoms with Gasteiger partial charge in [0.2, 0.25) is 11.8 Å². The number of halogens is 2. The first-order chi connectivity index (χ1) is 28.9. The topological polar surface area (TPSA) is 166 Å². The first-order valence-corrected chi connectivity index (χ1v) is 19.7. The molecule has 8 rings (SSSR count). The summed E-state index contributed by atoms with van der Waals surface area (Å²) in [5.74, 6) is 4.79. The summed E-state index contributed by atoms with van der Waals surface area (Å²) in [5.41, 5.74) is 5.80. The monoisotopic (exact) mass is 813 g/mol. The van der Waals surface area contributed by atoms with Crippen LogP contribution in [0.1, 0.15) is 98.9 Å². The summed E-state index contributed by atoms with van der Waals surface area (Å²) in [6.45, 7) is 5.20. The van der Waals surface area contributed by atoms with Crippen LogP contribution in [0, 0.1) is 11.8 Å². The molecule has 1 atom stereocenters. The molecule has 4 N–H and O–H groups in total. The Morgan fingerprint density at radius 1 is 1.03 bits per heavy atom. The van der Waals surface area contributed by atoms with Crippen molar-refractivity contribution in [3.63, 3.8) is 0 Å². The van der Waals surface area contributed by atoms with Gasteiger partial charge in [0, 0.05) is 84.2 Å². The average molecular weight is 814 g/mol. The number of aromatic nitrogens is 2. The number of anilines is 2. The Labute approximate surface area is 343 Å². The number of imide groups is 1. The van der Waals surface area contributed by atoms with Crippen molar-refractivity contribution in [1.29, 1.82) is 0 Å². The van der Waals surface area contributed by atoms with Gasteiger partial charge >= 0.3 is 0 Å². The molecule has 0 radical (unpaired) electrons. The quantitative estimate of drug-likeness (QED) is 0.0786. The van der Waals surface area contributed by atoms with Crippen molar-refractivity contribution >= 4 is 51.8 Å². The van der Waals surface area contributed by atoms with Crippen LogP contribution in [0.25, 0.3) is 22.0 Å². The van der Waals surface area contributed by atoms with E-state index in [1.807, 2.05) is 17.0 Å². The van der Waals surface area contributed by atoms with Crippen LogP contribution in [0.5, 0.6) is 5.75 Å². The van der Waals surface area contributed by atoms with Crippen molar-refractivity contribution in [1.82, 2.24) is 30.8 Å². The maximum absolute atomic E-state index is 14.8. The minimum Gasteiger partial charge on any atom is -0.490 e. The fourth-order valence-corrected chi connectivity index (χ4v) is 8.03. The number of carbonyl (C=O) groups excluding carboxylic acids is 5. The van der Waals surface area contributed by atoms with Gasteiger partial charge in [-0.2, -0.15) is 0 Å². The van der Waals surface area contributed by atoms with Gasteiger partial charge in [0.05, 0.1) is 17.8 Å². The molecule has 5 aromatic rings. The average Bonchev–Trinajstić information content (AvgIpc) is 3.83. The third-order valence-corrected chi connectivity index (χ3v) is 11.1. The number of rotatable bonds is 9. The minimum absolute atomic E-state index is 0.0934. The third kappa shape index (κ3) is 7.40. The second-order valence-corrected chi connectivity index (χ2v) is 15.1. The number of alkyl halides is 2. The minimum atomic E-state index is -2.84. The van der Waals surface area contributed by atoms with Gasteiger partial charge in [-0.25, -0.2) is 8.78 Å². The van der Waals surface area contributed by atoms with E-state index >= 15 is 0 Å². The molecular formula is C45H41F2N7O6. The summed E-state index contributed by atoms with van der Waals surface area (Å²) in [4.78, 5) is 73.8. The number of amides is 5. The molecule has 1 saturated heterocycles. The molecule has 3 aliphatic heterocycles. The molecule has 1 fully saturated rings. The summed E-state index contributed by atoms with van der Waals surface area (Å²) in [5, 5.41) is 8.49. The highest BCUT2D eigenvalue weighted by Gasteiger charge is 2.39. The highest BCUT2D eigenvalue weighted by atomic mass is 19.3. The van der Waals surface area contributed by atoms with E-state index in [4.69, 9.17) is 4.74 Å². The van der Waals surface area contributed by atoms with Crippen LogP contribution in [-0.2, 0) is 16.1 Å². The Hall–Kier alpha value is -7.08. The van der Waals surface area contributed by atoms with Gasteiger partial charge in [-0.1, -0.05) is 37.8 Å². The molecule has 1 unspecified atom stereocenters. The van der Waals surface area contributed by atoms with Crippen molar-refractivity contribution in [2.45, 2.75) is 58.0 Å². The van der Waals surface area contributed by atoms with Crippen LogP contribution in [0.15, 0.2) is 67.0 Å². The largest absolute Gasteiger partial charge is 0.490 e. The number of pyridine rings is 1. The van der Waals surface area contributed by atoms with Crippen molar-refractivity contribution < 1.29 is 37.5 Å². The Bertz CT molecular complexity index is 2650. The number of aromatic amines is 1. The predicted molar refractivity (Wildman–Crippen MR) is 219 cm³/mol. The van der Waals surface area contributed by atoms with E-state index in [9.17, 15) is 32.8 Å². The first kappa shape index (κ1) is 39.7. The van der Waals surface area contributed by atoms with Crippen LogP contribution < -0.4 is 25.6 Å². The molecule has 306 valence electrons. The van der Waals surface area contributed by atoms with E-state index in [-0.39, 0.29) is 72.8 Å². The predicted octanol–water partition coefficient (Wildman–Crippen LogP) is 6.11. The molecule has 13 nitrogen and oxygen atoms in total. The summed E-state index contributed by atoms with van der Waals surface area (Å²) in [6, 6.07) is 14.4. The lowest BCUT2D eigenvalue weighted by Gasteiger charge is -2.33. The number of carbonyl (C=O) groups is 5. The Morgan fingerprint density at radius 2 is 1.87 bits per heavy atom. The van der Waals surface area contributed by atoms with Crippen LogP contribution in [0.2, 0.25) is 0 Å². The first-order valence-electron chi connectivity index (χ1n) is 19.7. The highest BCUT2D eigenvalue weighted by molar-refractivity contribution is 6.09. The lowest BCUT2D eigenvalue weighted by atomic mass is 9.96. The molecule has 0 aliphatic carbocycles. The molecular weight excluding hydrogens is 773 g/mol. The summed E-state index contributed by atoms with van der Waals surface area (Å²) in [6.07, 6.45) is 0.937. The molecule has 0 spiro atoms. The number of fused-ring (bicyclic) bond motifs is 3. The molecule has 60 heavy (non-hydrogen) atoms. The zero-order valence-electron chi connectivity index (χ0n) is 33.1. The lowest BCUT2D eigenvalue weighted by molar-refractivity contribution is -0.136. The number of piperidine rings is 1. The zero-order valence-corrected chi connectivity index (χ0v) is 33.1. The number of nitrogens with one attached hydrogen (secondary N) is 4. The summed E-state index contributed by atoms with van der Waals surface area (Å²) in [7, 11) is 1.57. The van der Waals surface area contributed by atoms with Gasteiger partial charge in [-0.15, -0.1) is 0 Å². The van der Waals surface area contributed by atoms with Crippen LogP contribution in [0.4, 0.5) is 20.2 Å². The SMILES string of the molecule is CNC(=O)c1c[nH]c2c(C(C)C)cc(N3CCOc4cc(-c5ccc(C(=O)NCCC#Cc6cccc7c6CN(C6CCC(=O)NC6=O)C7=O)nc5)c(C(F)F)cc43)cc12. The second-order valence-electron chi connectivity index (χ2n) is 15.1. The zero-order chi connectivity index (χ0) is 42.2. The van der Waals surface area contributed by atoms with Gasteiger partial charge in [-0.05, 0) is 71.5 Å². The highest BCUT2D eigenvalue weighted by Crippen LogP contribution is 2.45. The van der Waals surface area contributed by atoms with E-state index < -0.39 is 24.3 Å². The van der Waals surface area contributed by atoms with Crippen molar-refractivity contribution in [2.24, 2.45) is 0 Å². The van der Waals surface area contributed by atoms with E-state index in [1.54, 1.807) is 43.6 Å². The Balaban J connectivity index is 0.955. The number of hydrogen-bond acceptors (Lipinski definition) is 8. The lowest BCUT2D eigenvalue weighted by Crippen LogP contribution is -2.52. The fraction of sp³-hybridized carbons (Fsp3) is 0.289. The van der Waals surface area contributed by atoms with E-state index in [0.717, 1.165) is 22.2 Å². The number of ether oxygens (including phenoxy) is 1. The van der Waals surface area contributed by atoms with Crippen molar-refractivity contribution in [2.75, 3.05) is 31.6 Å². The molecule has 5 heterocycles. The molecule has 2 aromatic heterocycles. The summed E-state index contributed by atoms with van der Waals surface area (Å²) < 4.78 is 35.6. The maximum atomic E-state index is 14.8. The van der Waals surface area contributed by atoms with Gasteiger partial charge < -0.3 is 30.2 Å². The standard InChI is InChI=1S/C45H41F2N7O6/c1-24(2)29-17-27(18-31-33(42(56)48-3)22-51-40(29)31)53-15-16-60-38-20-30(32(41(46)47)19-37(38)53)26-10-11-35(50-21-26)43(57)49-14-5-4-7-25-8-6-9-28-34(25)23-54(45(28)59)36-12-13-39(55)52-44(36)58/h6,8-11,17-22,24,36,41,51H,5,12-16,23H2,1-3H3,(H,48,56)(H,49,57)(H,52,55,58). The number of benzene rings is 3. The van der Waals surface area contributed by atoms with Crippen LogP contribution >= 0.6 is 0 Å².